The minimum Gasteiger partial charge on any atom is -0.475 e. The number of benzene rings is 1. The summed E-state index contributed by atoms with van der Waals surface area (Å²) in [6, 6.07) is 11.8. The summed E-state index contributed by atoms with van der Waals surface area (Å²) in [6.07, 6.45) is 1.58. The molecule has 0 spiro atoms. The smallest absolute Gasteiger partial charge is 0.221 e. The molecule has 0 saturated carbocycles. The highest BCUT2D eigenvalue weighted by Crippen LogP contribution is 2.18. The lowest BCUT2D eigenvalue weighted by molar-refractivity contribution is -0.114. The molecule has 0 radical (unpaired) electrons. The van der Waals surface area contributed by atoms with Gasteiger partial charge in [-0.2, -0.15) is 0 Å². The summed E-state index contributed by atoms with van der Waals surface area (Å²) in [4.78, 5) is 15.2. The first-order chi connectivity index (χ1) is 13.6. The van der Waals surface area contributed by atoms with E-state index in [2.05, 4.69) is 10.3 Å². The summed E-state index contributed by atoms with van der Waals surface area (Å²) in [5.41, 5.74) is 2.73. The van der Waals surface area contributed by atoms with E-state index in [0.717, 1.165) is 11.1 Å². The Morgan fingerprint density at radius 3 is 2.25 bits per heavy atom. The molecule has 1 aromatic heterocycles. The van der Waals surface area contributed by atoms with Crippen molar-refractivity contribution in [2.75, 3.05) is 45.0 Å². The van der Waals surface area contributed by atoms with E-state index in [1.54, 1.807) is 12.3 Å². The molecule has 0 aliphatic heterocycles. The van der Waals surface area contributed by atoms with Gasteiger partial charge in [-0.15, -0.1) is 0 Å². The van der Waals surface area contributed by atoms with Crippen LogP contribution in [0, 0.1) is 6.92 Å². The van der Waals surface area contributed by atoms with Gasteiger partial charge in [0.05, 0.1) is 51.5 Å². The van der Waals surface area contributed by atoms with Crippen LogP contribution in [0.15, 0.2) is 42.6 Å². The molecule has 2 aromatic rings. The summed E-state index contributed by atoms with van der Waals surface area (Å²) >= 11 is 0. The highest BCUT2D eigenvalue weighted by Gasteiger charge is 2.04. The van der Waals surface area contributed by atoms with E-state index in [1.807, 2.05) is 37.3 Å². The first-order valence-electron chi connectivity index (χ1n) is 9.29. The third-order valence-corrected chi connectivity index (χ3v) is 3.73. The highest BCUT2D eigenvalue weighted by atomic mass is 16.6. The molecule has 0 saturated heterocycles. The maximum absolute atomic E-state index is 11.1. The minimum atomic E-state index is -0.128. The standard InChI is InChI=1S/C21H28N2O5/c1-17-14-21(22-15-20(17)23-18(2)24)28-13-12-26-9-8-25-10-11-27-16-19-6-4-3-5-7-19/h3-7,14-15H,8-13,16H2,1-2H3,(H,23,24). The van der Waals surface area contributed by atoms with Crippen LogP contribution in [0.2, 0.25) is 0 Å². The van der Waals surface area contributed by atoms with Gasteiger partial charge >= 0.3 is 0 Å². The van der Waals surface area contributed by atoms with Crippen molar-refractivity contribution in [1.82, 2.24) is 4.98 Å². The third-order valence-electron chi connectivity index (χ3n) is 3.73. The zero-order valence-electron chi connectivity index (χ0n) is 16.5. The molecule has 1 N–H and O–H groups in total. The maximum atomic E-state index is 11.1. The number of nitrogens with zero attached hydrogens (tertiary/aromatic N) is 1. The maximum Gasteiger partial charge on any atom is 0.221 e. The van der Waals surface area contributed by atoms with E-state index < -0.39 is 0 Å². The number of rotatable bonds is 13. The highest BCUT2D eigenvalue weighted by molar-refractivity contribution is 5.89. The zero-order valence-corrected chi connectivity index (χ0v) is 16.5. The van der Waals surface area contributed by atoms with Crippen molar-refractivity contribution in [1.29, 1.82) is 0 Å². The minimum absolute atomic E-state index is 0.128. The molecule has 1 amide bonds. The van der Waals surface area contributed by atoms with Crippen molar-refractivity contribution in [3.8, 4) is 5.88 Å². The Balaban J connectivity index is 1.44. The van der Waals surface area contributed by atoms with E-state index in [0.29, 0.717) is 57.8 Å². The van der Waals surface area contributed by atoms with Crippen molar-refractivity contribution in [3.63, 3.8) is 0 Å². The summed E-state index contributed by atoms with van der Waals surface area (Å²) < 4.78 is 22.0. The van der Waals surface area contributed by atoms with Gasteiger partial charge in [-0.05, 0) is 18.1 Å². The van der Waals surface area contributed by atoms with Crippen LogP contribution in [0.25, 0.3) is 0 Å². The van der Waals surface area contributed by atoms with Crippen molar-refractivity contribution < 1.29 is 23.7 Å². The molecule has 0 unspecified atom stereocenters. The third kappa shape index (κ3) is 8.94. The number of ether oxygens (including phenoxy) is 4. The molecular formula is C21H28N2O5. The Morgan fingerprint density at radius 1 is 0.964 bits per heavy atom. The number of carbonyl (C=O) groups is 1. The monoisotopic (exact) mass is 388 g/mol. The average molecular weight is 388 g/mol. The Kier molecular flexibility index (Phi) is 9.99. The molecule has 28 heavy (non-hydrogen) atoms. The van der Waals surface area contributed by atoms with Gasteiger partial charge < -0.3 is 24.3 Å². The molecular weight excluding hydrogens is 360 g/mol. The molecule has 1 heterocycles. The molecule has 2 rings (SSSR count). The number of hydrogen-bond donors (Lipinski definition) is 1. The van der Waals surface area contributed by atoms with E-state index in [-0.39, 0.29) is 5.91 Å². The number of anilines is 1. The Hall–Kier alpha value is -2.48. The average Bonchev–Trinajstić information content (AvgIpc) is 2.68. The quantitative estimate of drug-likeness (QED) is 0.532. The predicted octanol–water partition coefficient (Wildman–Crippen LogP) is 2.98. The van der Waals surface area contributed by atoms with Gasteiger partial charge in [-0.1, -0.05) is 30.3 Å². The second-order valence-electron chi connectivity index (χ2n) is 6.13. The number of carbonyl (C=O) groups excluding carboxylic acids is 1. The fourth-order valence-electron chi connectivity index (χ4n) is 2.34. The lowest BCUT2D eigenvalue weighted by Gasteiger charge is -2.10. The van der Waals surface area contributed by atoms with Gasteiger partial charge in [0.15, 0.2) is 0 Å². The van der Waals surface area contributed by atoms with Gasteiger partial charge in [0.25, 0.3) is 0 Å². The number of amides is 1. The fourth-order valence-corrected chi connectivity index (χ4v) is 2.34. The van der Waals surface area contributed by atoms with Crippen molar-refractivity contribution in [2.45, 2.75) is 20.5 Å². The molecule has 7 heteroatoms. The van der Waals surface area contributed by atoms with Crippen LogP contribution in [-0.4, -0.2) is 50.5 Å². The summed E-state index contributed by atoms with van der Waals surface area (Å²) in [6.45, 7) is 6.88. The second kappa shape index (κ2) is 12.8. The van der Waals surface area contributed by atoms with Gasteiger partial charge in [0, 0.05) is 13.0 Å². The van der Waals surface area contributed by atoms with Gasteiger partial charge in [0.1, 0.15) is 6.61 Å². The number of pyridine rings is 1. The lowest BCUT2D eigenvalue weighted by atomic mass is 10.2. The summed E-state index contributed by atoms with van der Waals surface area (Å²) in [5.74, 6) is 0.374. The molecule has 0 aliphatic rings. The SMILES string of the molecule is CC(=O)Nc1cnc(OCCOCCOCCOCc2ccccc2)cc1C. The molecule has 7 nitrogen and oxygen atoms in total. The summed E-state index contributed by atoms with van der Waals surface area (Å²) in [7, 11) is 0. The first-order valence-corrected chi connectivity index (χ1v) is 9.29. The molecule has 0 fully saturated rings. The van der Waals surface area contributed by atoms with Crippen molar-refractivity contribution in [2.24, 2.45) is 0 Å². The first kappa shape index (κ1) is 21.8. The normalized spacial score (nSPS) is 10.6. The Labute approximate surface area is 166 Å². The number of nitrogens with one attached hydrogen (secondary N) is 1. The van der Waals surface area contributed by atoms with Crippen LogP contribution >= 0.6 is 0 Å². The number of aryl methyl sites for hydroxylation is 1. The van der Waals surface area contributed by atoms with Gasteiger partial charge in [-0.3, -0.25) is 4.79 Å². The number of hydrogen-bond acceptors (Lipinski definition) is 6. The molecule has 0 atom stereocenters. The summed E-state index contributed by atoms with van der Waals surface area (Å²) in [5, 5.41) is 2.71. The van der Waals surface area contributed by atoms with E-state index in [1.165, 1.54) is 6.92 Å². The van der Waals surface area contributed by atoms with Crippen molar-refractivity contribution in [3.05, 3.63) is 53.7 Å². The van der Waals surface area contributed by atoms with Crippen LogP contribution in [0.5, 0.6) is 5.88 Å². The molecule has 0 bridgehead atoms. The van der Waals surface area contributed by atoms with Gasteiger partial charge in [-0.25, -0.2) is 4.98 Å². The van der Waals surface area contributed by atoms with Crippen molar-refractivity contribution >= 4 is 11.6 Å². The topological polar surface area (TPSA) is 78.9 Å². The van der Waals surface area contributed by atoms with Crippen LogP contribution < -0.4 is 10.1 Å². The van der Waals surface area contributed by atoms with Crippen LogP contribution in [-0.2, 0) is 25.6 Å². The predicted molar refractivity (Wildman–Crippen MR) is 107 cm³/mol. The fraction of sp³-hybridized carbons (Fsp3) is 0.429. The Bertz CT molecular complexity index is 709. The molecule has 0 aliphatic carbocycles. The second-order valence-corrected chi connectivity index (χ2v) is 6.13. The zero-order chi connectivity index (χ0) is 20.0. The lowest BCUT2D eigenvalue weighted by Crippen LogP contribution is -2.13. The van der Waals surface area contributed by atoms with E-state index >= 15 is 0 Å². The van der Waals surface area contributed by atoms with Crippen LogP contribution in [0.4, 0.5) is 5.69 Å². The Morgan fingerprint density at radius 2 is 1.61 bits per heavy atom. The largest absolute Gasteiger partial charge is 0.475 e. The van der Waals surface area contributed by atoms with E-state index in [9.17, 15) is 4.79 Å². The van der Waals surface area contributed by atoms with Gasteiger partial charge in [0.2, 0.25) is 11.8 Å². The number of aromatic nitrogens is 1. The van der Waals surface area contributed by atoms with Crippen LogP contribution in [0.3, 0.4) is 0 Å². The molecule has 152 valence electrons. The van der Waals surface area contributed by atoms with Crippen LogP contribution in [0.1, 0.15) is 18.1 Å². The molecule has 1 aromatic carbocycles. The van der Waals surface area contributed by atoms with E-state index in [4.69, 9.17) is 18.9 Å².